The molecule has 0 aliphatic rings. The van der Waals surface area contributed by atoms with Crippen molar-refractivity contribution >= 4 is 11.6 Å². The van der Waals surface area contributed by atoms with E-state index in [-0.39, 0.29) is 17.7 Å². The Hall–Kier alpha value is -2.43. The van der Waals surface area contributed by atoms with Gasteiger partial charge in [0.05, 0.1) is 6.42 Å². The molecule has 0 aliphatic carbocycles. The van der Waals surface area contributed by atoms with Gasteiger partial charge in [0.2, 0.25) is 5.91 Å². The third-order valence-electron chi connectivity index (χ3n) is 2.96. The summed E-state index contributed by atoms with van der Waals surface area (Å²) < 4.78 is 26.6. The maximum Gasteiger partial charge on any atom is 0.231 e. The lowest BCUT2D eigenvalue weighted by molar-refractivity contribution is -0.117. The lowest BCUT2D eigenvalue weighted by Crippen LogP contribution is -2.28. The molecule has 1 amide bonds. The summed E-state index contributed by atoms with van der Waals surface area (Å²) in [5.74, 6) is -2.36. The first-order valence-corrected chi connectivity index (χ1v) is 5.97. The summed E-state index contributed by atoms with van der Waals surface area (Å²) in [4.78, 5) is 13.3. The number of carbonyl (C=O) groups excluding carboxylic acids is 1. The minimum absolute atomic E-state index is 0.00185. The van der Waals surface area contributed by atoms with Crippen LogP contribution in [0.5, 0.6) is 5.75 Å². The molecule has 0 spiro atoms. The van der Waals surface area contributed by atoms with Crippen LogP contribution in [0.2, 0.25) is 0 Å². The van der Waals surface area contributed by atoms with Gasteiger partial charge < -0.3 is 10.0 Å². The van der Waals surface area contributed by atoms with Crippen LogP contribution in [0.1, 0.15) is 5.56 Å². The van der Waals surface area contributed by atoms with Crippen molar-refractivity contribution < 1.29 is 18.7 Å². The van der Waals surface area contributed by atoms with Gasteiger partial charge in [0.25, 0.3) is 0 Å². The molecular formula is C15H13F2NO2. The Labute approximate surface area is 115 Å². The first kappa shape index (κ1) is 14.0. The van der Waals surface area contributed by atoms with Crippen LogP contribution in [-0.4, -0.2) is 18.1 Å². The summed E-state index contributed by atoms with van der Waals surface area (Å²) in [5, 5.41) is 9.37. The van der Waals surface area contributed by atoms with E-state index in [2.05, 4.69) is 0 Å². The van der Waals surface area contributed by atoms with E-state index < -0.39 is 17.5 Å². The number of halogens is 2. The number of nitrogens with zero attached hydrogens (tertiary/aromatic N) is 1. The van der Waals surface area contributed by atoms with Crippen molar-refractivity contribution in [2.45, 2.75) is 6.42 Å². The molecule has 0 atom stereocenters. The number of rotatable bonds is 3. The summed E-state index contributed by atoms with van der Waals surface area (Å²) >= 11 is 0. The van der Waals surface area contributed by atoms with Crippen LogP contribution >= 0.6 is 0 Å². The molecule has 1 N–H and O–H groups in total. The van der Waals surface area contributed by atoms with Gasteiger partial charge in [0.1, 0.15) is 5.75 Å². The van der Waals surface area contributed by atoms with Crippen LogP contribution < -0.4 is 4.90 Å². The van der Waals surface area contributed by atoms with E-state index in [9.17, 15) is 18.7 Å². The van der Waals surface area contributed by atoms with E-state index in [1.165, 1.54) is 36.2 Å². The Morgan fingerprint density at radius 3 is 2.60 bits per heavy atom. The van der Waals surface area contributed by atoms with Gasteiger partial charge in [-0.2, -0.15) is 0 Å². The third kappa shape index (κ3) is 2.93. The van der Waals surface area contributed by atoms with E-state index in [0.29, 0.717) is 5.69 Å². The van der Waals surface area contributed by atoms with Crippen molar-refractivity contribution in [3.63, 3.8) is 0 Å². The first-order chi connectivity index (χ1) is 9.49. The number of phenolic OH excluding ortho intramolecular Hbond substituents is 1. The second-order valence-corrected chi connectivity index (χ2v) is 4.36. The van der Waals surface area contributed by atoms with Crippen LogP contribution in [0.25, 0.3) is 0 Å². The number of phenols is 1. The van der Waals surface area contributed by atoms with Gasteiger partial charge in [-0.15, -0.1) is 0 Å². The SMILES string of the molecule is CN(C(=O)Cc1cccc(F)c1F)c1cccc(O)c1. The van der Waals surface area contributed by atoms with Gasteiger partial charge in [-0.3, -0.25) is 4.79 Å². The van der Waals surface area contributed by atoms with Crippen molar-refractivity contribution in [2.24, 2.45) is 0 Å². The van der Waals surface area contributed by atoms with Gasteiger partial charge in [-0.1, -0.05) is 18.2 Å². The van der Waals surface area contributed by atoms with Gasteiger partial charge >= 0.3 is 0 Å². The van der Waals surface area contributed by atoms with Crippen molar-refractivity contribution in [3.05, 3.63) is 59.7 Å². The molecule has 2 aromatic rings. The van der Waals surface area contributed by atoms with Crippen molar-refractivity contribution in [1.82, 2.24) is 0 Å². The highest BCUT2D eigenvalue weighted by molar-refractivity contribution is 5.94. The molecule has 20 heavy (non-hydrogen) atoms. The van der Waals surface area contributed by atoms with Crippen LogP contribution in [0.15, 0.2) is 42.5 Å². The zero-order valence-electron chi connectivity index (χ0n) is 10.8. The number of carbonyl (C=O) groups is 1. The molecule has 0 aromatic heterocycles. The van der Waals surface area contributed by atoms with E-state index >= 15 is 0 Å². The predicted octanol–water partition coefficient (Wildman–Crippen LogP) is 2.88. The molecule has 2 aromatic carbocycles. The third-order valence-corrected chi connectivity index (χ3v) is 2.96. The van der Waals surface area contributed by atoms with Gasteiger partial charge in [0, 0.05) is 24.4 Å². The number of anilines is 1. The lowest BCUT2D eigenvalue weighted by Gasteiger charge is -2.17. The van der Waals surface area contributed by atoms with Crippen molar-refractivity contribution in [1.29, 1.82) is 0 Å². The molecule has 104 valence electrons. The Morgan fingerprint density at radius 1 is 1.20 bits per heavy atom. The second kappa shape index (κ2) is 5.69. The summed E-state index contributed by atoms with van der Waals surface area (Å²) in [6.45, 7) is 0. The number of likely N-dealkylation sites (N-methyl/N-ethyl adjacent to an activating group) is 1. The summed E-state index contributed by atoms with van der Waals surface area (Å²) in [6.07, 6.45) is -0.254. The van der Waals surface area contributed by atoms with E-state index in [4.69, 9.17) is 0 Å². The first-order valence-electron chi connectivity index (χ1n) is 5.97. The Kier molecular flexibility index (Phi) is 3.98. The minimum Gasteiger partial charge on any atom is -0.508 e. The minimum atomic E-state index is -1.01. The highest BCUT2D eigenvalue weighted by Gasteiger charge is 2.16. The average molecular weight is 277 g/mol. The zero-order chi connectivity index (χ0) is 14.7. The molecule has 0 saturated carbocycles. The number of amides is 1. The molecule has 0 radical (unpaired) electrons. The van der Waals surface area contributed by atoms with Crippen LogP contribution in [0.3, 0.4) is 0 Å². The summed E-state index contributed by atoms with van der Waals surface area (Å²) in [5.41, 5.74) is 0.480. The maximum absolute atomic E-state index is 13.5. The number of aromatic hydroxyl groups is 1. The highest BCUT2D eigenvalue weighted by atomic mass is 19.2. The molecular weight excluding hydrogens is 264 g/mol. The van der Waals surface area contributed by atoms with Crippen molar-refractivity contribution in [3.8, 4) is 5.75 Å². The highest BCUT2D eigenvalue weighted by Crippen LogP contribution is 2.20. The maximum atomic E-state index is 13.5. The fraction of sp³-hybridized carbons (Fsp3) is 0.133. The van der Waals surface area contributed by atoms with E-state index in [1.807, 2.05) is 0 Å². The quantitative estimate of drug-likeness (QED) is 0.937. The number of benzene rings is 2. The molecule has 5 heteroatoms. The average Bonchev–Trinajstić information content (AvgIpc) is 2.43. The monoisotopic (exact) mass is 277 g/mol. The number of hydrogen-bond acceptors (Lipinski definition) is 2. The smallest absolute Gasteiger partial charge is 0.231 e. The molecule has 0 bridgehead atoms. The van der Waals surface area contributed by atoms with Gasteiger partial charge in [-0.05, 0) is 18.2 Å². The Balaban J connectivity index is 2.18. The molecule has 0 unspecified atom stereocenters. The summed E-state index contributed by atoms with van der Waals surface area (Å²) in [6, 6.07) is 9.86. The lowest BCUT2D eigenvalue weighted by atomic mass is 10.1. The topological polar surface area (TPSA) is 40.5 Å². The molecule has 0 saturated heterocycles. The van der Waals surface area contributed by atoms with E-state index in [0.717, 1.165) is 6.07 Å². The normalized spacial score (nSPS) is 10.3. The van der Waals surface area contributed by atoms with E-state index in [1.54, 1.807) is 12.1 Å². The van der Waals surface area contributed by atoms with Crippen LogP contribution in [0, 0.1) is 11.6 Å². The molecule has 0 heterocycles. The fourth-order valence-corrected chi connectivity index (χ4v) is 1.81. The predicted molar refractivity (Wildman–Crippen MR) is 71.6 cm³/mol. The Morgan fingerprint density at radius 2 is 1.90 bits per heavy atom. The molecule has 3 nitrogen and oxygen atoms in total. The molecule has 0 aliphatic heterocycles. The summed E-state index contributed by atoms with van der Waals surface area (Å²) in [7, 11) is 1.51. The molecule has 0 fully saturated rings. The largest absolute Gasteiger partial charge is 0.508 e. The van der Waals surface area contributed by atoms with Gasteiger partial charge in [-0.25, -0.2) is 8.78 Å². The molecule has 2 rings (SSSR count). The zero-order valence-corrected chi connectivity index (χ0v) is 10.8. The van der Waals surface area contributed by atoms with Crippen LogP contribution in [0.4, 0.5) is 14.5 Å². The van der Waals surface area contributed by atoms with Gasteiger partial charge in [0.15, 0.2) is 11.6 Å². The van der Waals surface area contributed by atoms with Crippen LogP contribution in [-0.2, 0) is 11.2 Å². The Bertz CT molecular complexity index is 644. The standard InChI is InChI=1S/C15H13F2NO2/c1-18(11-5-3-6-12(19)9-11)14(20)8-10-4-2-7-13(16)15(10)17/h2-7,9,19H,8H2,1H3. The fourth-order valence-electron chi connectivity index (χ4n) is 1.81. The van der Waals surface area contributed by atoms with Crippen molar-refractivity contribution in [2.75, 3.05) is 11.9 Å². The second-order valence-electron chi connectivity index (χ2n) is 4.36. The number of hydrogen-bond donors (Lipinski definition) is 1.